The number of esters is 5. The SMILES string of the molecule is CC(=O)OC[C@@H](O)[C@@H](OC(C)=O)[C@H](OC(C)=O)[C@H](OC(C)=O)C(=O)OCCBr. The molecule has 0 heterocycles. The van der Waals surface area contributed by atoms with Crippen molar-refractivity contribution in [1.82, 2.24) is 0 Å². The predicted molar refractivity (Wildman–Crippen MR) is 94.1 cm³/mol. The Labute approximate surface area is 169 Å². The van der Waals surface area contributed by atoms with Gasteiger partial charge in [0.15, 0.2) is 12.2 Å². The minimum atomic E-state index is -1.85. The third-order valence-corrected chi connectivity index (χ3v) is 3.23. The van der Waals surface area contributed by atoms with Gasteiger partial charge in [-0.25, -0.2) is 4.79 Å². The van der Waals surface area contributed by atoms with Gasteiger partial charge < -0.3 is 28.8 Å². The number of ether oxygens (including phenoxy) is 5. The average Bonchev–Trinajstić information content (AvgIpc) is 2.57. The van der Waals surface area contributed by atoms with Crippen molar-refractivity contribution in [3.63, 3.8) is 0 Å². The van der Waals surface area contributed by atoms with Crippen molar-refractivity contribution >= 4 is 45.8 Å². The molecule has 1 N–H and O–H groups in total. The van der Waals surface area contributed by atoms with Crippen LogP contribution in [0.15, 0.2) is 0 Å². The first kappa shape index (κ1) is 25.8. The fraction of sp³-hybridized carbons (Fsp3) is 0.688. The summed E-state index contributed by atoms with van der Waals surface area (Å²) in [7, 11) is 0. The van der Waals surface area contributed by atoms with Crippen LogP contribution in [0.4, 0.5) is 0 Å². The summed E-state index contributed by atoms with van der Waals surface area (Å²) in [4.78, 5) is 57.7. The maximum absolute atomic E-state index is 12.3. The van der Waals surface area contributed by atoms with Crippen LogP contribution in [0.5, 0.6) is 0 Å². The van der Waals surface area contributed by atoms with Crippen molar-refractivity contribution in [2.24, 2.45) is 0 Å². The van der Waals surface area contributed by atoms with Gasteiger partial charge in [-0.3, -0.25) is 19.2 Å². The van der Waals surface area contributed by atoms with Gasteiger partial charge in [-0.15, -0.1) is 0 Å². The summed E-state index contributed by atoms with van der Waals surface area (Å²) in [6, 6.07) is 0. The second-order valence-electron chi connectivity index (χ2n) is 5.40. The molecule has 0 aromatic heterocycles. The zero-order chi connectivity index (χ0) is 21.9. The van der Waals surface area contributed by atoms with Gasteiger partial charge in [0.05, 0.1) is 0 Å². The lowest BCUT2D eigenvalue weighted by atomic mass is 10.0. The molecule has 4 atom stereocenters. The van der Waals surface area contributed by atoms with Crippen LogP contribution >= 0.6 is 15.9 Å². The van der Waals surface area contributed by atoms with E-state index >= 15 is 0 Å². The Morgan fingerprint density at radius 3 is 1.71 bits per heavy atom. The molecule has 0 aliphatic carbocycles. The third-order valence-electron chi connectivity index (χ3n) is 2.91. The largest absolute Gasteiger partial charge is 0.463 e. The van der Waals surface area contributed by atoms with E-state index in [9.17, 15) is 29.1 Å². The van der Waals surface area contributed by atoms with E-state index in [1.807, 2.05) is 0 Å². The lowest BCUT2D eigenvalue weighted by Gasteiger charge is -2.32. The zero-order valence-electron chi connectivity index (χ0n) is 15.8. The summed E-state index contributed by atoms with van der Waals surface area (Å²) < 4.78 is 24.4. The standard InChI is InChI=1S/C16H23BrO11/c1-8(18)25-7-12(22)13(26-9(2)19)14(27-10(3)20)15(28-11(4)21)16(23)24-6-5-17/h12-15,22H,5-7H2,1-4H3/t12-,13-,14+,15+/m1/s1. The Hall–Kier alpha value is -2.21. The predicted octanol–water partition coefficient (Wildman–Crippen LogP) is -0.356. The van der Waals surface area contributed by atoms with Crippen molar-refractivity contribution in [2.75, 3.05) is 18.5 Å². The summed E-state index contributed by atoms with van der Waals surface area (Å²) in [5, 5.41) is 10.6. The van der Waals surface area contributed by atoms with Gasteiger partial charge in [0.1, 0.15) is 19.3 Å². The molecule has 28 heavy (non-hydrogen) atoms. The summed E-state index contributed by atoms with van der Waals surface area (Å²) in [6.45, 7) is 3.32. The molecule has 12 heteroatoms. The molecule has 0 aliphatic heterocycles. The second kappa shape index (κ2) is 13.0. The molecule has 0 fully saturated rings. The van der Waals surface area contributed by atoms with Gasteiger partial charge >= 0.3 is 29.8 Å². The van der Waals surface area contributed by atoms with Crippen molar-refractivity contribution in [2.45, 2.75) is 52.1 Å². The van der Waals surface area contributed by atoms with Crippen molar-refractivity contribution in [3.8, 4) is 0 Å². The molecule has 0 amide bonds. The topological polar surface area (TPSA) is 152 Å². The van der Waals surface area contributed by atoms with Crippen LogP contribution in [0.2, 0.25) is 0 Å². The molecular weight excluding hydrogens is 448 g/mol. The highest BCUT2D eigenvalue weighted by molar-refractivity contribution is 9.09. The molecule has 0 radical (unpaired) electrons. The Morgan fingerprint density at radius 2 is 1.29 bits per heavy atom. The number of alkyl halides is 1. The number of hydrogen-bond donors (Lipinski definition) is 1. The maximum Gasteiger partial charge on any atom is 0.351 e. The molecule has 0 aromatic rings. The monoisotopic (exact) mass is 470 g/mol. The Kier molecular flexibility index (Phi) is 12.0. The molecule has 11 nitrogen and oxygen atoms in total. The van der Waals surface area contributed by atoms with Crippen molar-refractivity contribution in [1.29, 1.82) is 0 Å². The van der Waals surface area contributed by atoms with Crippen molar-refractivity contribution < 1.29 is 52.8 Å². The maximum atomic E-state index is 12.3. The van der Waals surface area contributed by atoms with E-state index in [1.165, 1.54) is 0 Å². The third kappa shape index (κ3) is 10.2. The Morgan fingerprint density at radius 1 is 0.786 bits per heavy atom. The zero-order valence-corrected chi connectivity index (χ0v) is 17.4. The minimum Gasteiger partial charge on any atom is -0.463 e. The lowest BCUT2D eigenvalue weighted by molar-refractivity contribution is -0.203. The molecule has 0 rings (SSSR count). The van der Waals surface area contributed by atoms with Gasteiger partial charge in [0.2, 0.25) is 6.10 Å². The van der Waals surface area contributed by atoms with Crippen molar-refractivity contribution in [3.05, 3.63) is 0 Å². The number of hydrogen-bond acceptors (Lipinski definition) is 11. The van der Waals surface area contributed by atoms with Gasteiger partial charge in [0, 0.05) is 33.0 Å². The fourth-order valence-corrected chi connectivity index (χ4v) is 2.16. The normalized spacial score (nSPS) is 14.6. The van der Waals surface area contributed by atoms with E-state index in [4.69, 9.17) is 18.9 Å². The Bertz CT molecular complexity index is 577. The highest BCUT2D eigenvalue weighted by atomic mass is 79.9. The van der Waals surface area contributed by atoms with Crippen LogP contribution in [0.25, 0.3) is 0 Å². The van der Waals surface area contributed by atoms with Crippen LogP contribution in [-0.2, 0) is 47.7 Å². The van der Waals surface area contributed by atoms with Gasteiger partial charge in [0.25, 0.3) is 0 Å². The summed E-state index contributed by atoms with van der Waals surface area (Å²) >= 11 is 3.05. The minimum absolute atomic E-state index is 0.0996. The highest BCUT2D eigenvalue weighted by Gasteiger charge is 2.46. The number of aliphatic hydroxyl groups is 1. The Balaban J connectivity index is 5.92. The molecule has 160 valence electrons. The summed E-state index contributed by atoms with van der Waals surface area (Å²) in [5.41, 5.74) is 0. The molecule has 0 saturated carbocycles. The first-order valence-electron chi connectivity index (χ1n) is 8.05. The van der Waals surface area contributed by atoms with E-state index < -0.39 is 60.9 Å². The van der Waals surface area contributed by atoms with Crippen LogP contribution < -0.4 is 0 Å². The lowest BCUT2D eigenvalue weighted by Crippen LogP contribution is -2.54. The number of carbonyl (C=O) groups excluding carboxylic acids is 5. The molecule has 0 spiro atoms. The molecule has 0 unspecified atom stereocenters. The van der Waals surface area contributed by atoms with Crippen LogP contribution in [-0.4, -0.2) is 77.9 Å². The second-order valence-corrected chi connectivity index (χ2v) is 6.20. The van der Waals surface area contributed by atoms with Gasteiger partial charge in [-0.2, -0.15) is 0 Å². The van der Waals surface area contributed by atoms with Gasteiger partial charge in [-0.1, -0.05) is 15.9 Å². The number of aliphatic hydroxyl groups excluding tert-OH is 1. The summed E-state index contributed by atoms with van der Waals surface area (Å²) in [6.07, 6.45) is -7.03. The van der Waals surface area contributed by atoms with E-state index in [-0.39, 0.29) is 11.9 Å². The number of halogens is 1. The molecule has 0 aliphatic rings. The number of rotatable bonds is 11. The highest BCUT2D eigenvalue weighted by Crippen LogP contribution is 2.19. The van der Waals surface area contributed by atoms with Crippen LogP contribution in [0.3, 0.4) is 0 Å². The quantitative estimate of drug-likeness (QED) is 0.239. The molecule has 0 aromatic carbocycles. The average molecular weight is 471 g/mol. The van der Waals surface area contributed by atoms with Crippen LogP contribution in [0.1, 0.15) is 27.7 Å². The first-order valence-corrected chi connectivity index (χ1v) is 9.17. The summed E-state index contributed by atoms with van der Waals surface area (Å²) in [5.74, 6) is -4.59. The molecule has 0 saturated heterocycles. The first-order chi connectivity index (χ1) is 13.0. The molecule has 0 bridgehead atoms. The van der Waals surface area contributed by atoms with Gasteiger partial charge in [-0.05, 0) is 0 Å². The van der Waals surface area contributed by atoms with E-state index in [0.29, 0.717) is 0 Å². The van der Waals surface area contributed by atoms with E-state index in [2.05, 4.69) is 20.7 Å². The number of carbonyl (C=O) groups is 5. The van der Waals surface area contributed by atoms with E-state index in [0.717, 1.165) is 27.7 Å². The molecular formula is C16H23BrO11. The fourth-order valence-electron chi connectivity index (χ4n) is 2.00. The van der Waals surface area contributed by atoms with E-state index in [1.54, 1.807) is 0 Å². The smallest absolute Gasteiger partial charge is 0.351 e. The van der Waals surface area contributed by atoms with Crippen LogP contribution in [0, 0.1) is 0 Å².